The fraction of sp³-hybridized carbons (Fsp3) is 0.103. The van der Waals surface area contributed by atoms with E-state index in [-0.39, 0.29) is 17.5 Å². The molecule has 1 aromatic heterocycles. The van der Waals surface area contributed by atoms with E-state index in [0.717, 1.165) is 11.1 Å². The van der Waals surface area contributed by atoms with Gasteiger partial charge >= 0.3 is 0 Å². The van der Waals surface area contributed by atoms with Crippen molar-refractivity contribution in [3.05, 3.63) is 101 Å². The van der Waals surface area contributed by atoms with Gasteiger partial charge in [0, 0.05) is 16.3 Å². The molecule has 186 valence electrons. The van der Waals surface area contributed by atoms with Crippen molar-refractivity contribution in [1.29, 1.82) is 0 Å². The van der Waals surface area contributed by atoms with E-state index in [4.69, 9.17) is 25.5 Å². The Hall–Kier alpha value is -4.49. The lowest BCUT2D eigenvalue weighted by atomic mass is 10.1. The largest absolute Gasteiger partial charge is 0.507 e. The van der Waals surface area contributed by atoms with Gasteiger partial charge in [0.05, 0.1) is 12.7 Å². The summed E-state index contributed by atoms with van der Waals surface area (Å²) < 4.78 is 17.1. The van der Waals surface area contributed by atoms with Gasteiger partial charge in [-0.05, 0) is 78.7 Å². The number of halogens is 1. The minimum absolute atomic E-state index is 0.00913. The lowest BCUT2D eigenvalue weighted by molar-refractivity contribution is 0.102. The summed E-state index contributed by atoms with van der Waals surface area (Å²) in [6.45, 7) is 2.29. The van der Waals surface area contributed by atoms with Gasteiger partial charge in [-0.1, -0.05) is 29.8 Å². The molecule has 5 aromatic rings. The summed E-state index contributed by atoms with van der Waals surface area (Å²) >= 11 is 5.93. The quantitative estimate of drug-likeness (QED) is 0.227. The van der Waals surface area contributed by atoms with Gasteiger partial charge in [0.1, 0.15) is 17.9 Å². The van der Waals surface area contributed by atoms with Gasteiger partial charge in [-0.25, -0.2) is 4.98 Å². The number of oxazole rings is 1. The Morgan fingerprint density at radius 2 is 1.81 bits per heavy atom. The first kappa shape index (κ1) is 24.2. The average molecular weight is 515 g/mol. The fourth-order valence-corrected chi connectivity index (χ4v) is 3.94. The highest BCUT2D eigenvalue weighted by Crippen LogP contribution is 2.34. The Morgan fingerprint density at radius 1 is 1.00 bits per heavy atom. The zero-order chi connectivity index (χ0) is 25.9. The van der Waals surface area contributed by atoms with Crippen LogP contribution in [0.3, 0.4) is 0 Å². The zero-order valence-electron chi connectivity index (χ0n) is 20.1. The number of benzene rings is 4. The second-order valence-electron chi connectivity index (χ2n) is 8.46. The molecule has 1 amide bonds. The molecule has 0 bridgehead atoms. The molecule has 0 aliphatic carbocycles. The van der Waals surface area contributed by atoms with Crippen LogP contribution in [0.4, 0.5) is 5.69 Å². The lowest BCUT2D eigenvalue weighted by Crippen LogP contribution is -2.12. The number of aromatic hydroxyl groups is 1. The van der Waals surface area contributed by atoms with Gasteiger partial charge in [0.25, 0.3) is 5.91 Å². The fourth-order valence-electron chi connectivity index (χ4n) is 3.81. The van der Waals surface area contributed by atoms with Crippen molar-refractivity contribution >= 4 is 34.3 Å². The number of carbonyl (C=O) groups excluding carboxylic acids is 1. The van der Waals surface area contributed by atoms with Crippen molar-refractivity contribution in [3.63, 3.8) is 0 Å². The Bertz CT molecular complexity index is 1590. The molecule has 0 saturated carbocycles. The maximum absolute atomic E-state index is 13.0. The highest BCUT2D eigenvalue weighted by atomic mass is 35.5. The highest BCUT2D eigenvalue weighted by Gasteiger charge is 2.16. The molecule has 0 fully saturated rings. The third-order valence-electron chi connectivity index (χ3n) is 5.76. The topological polar surface area (TPSA) is 93.8 Å². The van der Waals surface area contributed by atoms with E-state index in [1.54, 1.807) is 42.5 Å². The van der Waals surface area contributed by atoms with Gasteiger partial charge in [-0.3, -0.25) is 4.79 Å². The molecule has 5 rings (SSSR count). The number of ether oxygens (including phenoxy) is 2. The lowest BCUT2D eigenvalue weighted by Gasteiger charge is -2.13. The Morgan fingerprint density at radius 3 is 2.59 bits per heavy atom. The number of carbonyl (C=O) groups is 1. The molecular weight excluding hydrogens is 492 g/mol. The van der Waals surface area contributed by atoms with Crippen LogP contribution in [0, 0.1) is 6.92 Å². The Balaban J connectivity index is 1.33. The predicted octanol–water partition coefficient (Wildman–Crippen LogP) is 7.00. The van der Waals surface area contributed by atoms with E-state index >= 15 is 0 Å². The molecule has 0 saturated heterocycles. The van der Waals surface area contributed by atoms with Crippen molar-refractivity contribution in [2.45, 2.75) is 13.5 Å². The Kier molecular flexibility index (Phi) is 6.70. The molecule has 1 heterocycles. The van der Waals surface area contributed by atoms with E-state index < -0.39 is 0 Å². The number of aryl methyl sites for hydroxylation is 1. The van der Waals surface area contributed by atoms with E-state index in [1.807, 2.05) is 37.3 Å². The number of aromatic nitrogens is 1. The first-order valence-electron chi connectivity index (χ1n) is 11.5. The average Bonchev–Trinajstić information content (AvgIpc) is 3.32. The van der Waals surface area contributed by atoms with Crippen molar-refractivity contribution in [2.75, 3.05) is 12.4 Å². The SMILES string of the molecule is COc1cc(C(=O)Nc2ccc(O)c(-c3nc4cc(C)ccc4o3)c2)ccc1OCc1ccc(Cl)cc1. The first-order chi connectivity index (χ1) is 17.9. The minimum Gasteiger partial charge on any atom is -0.507 e. The highest BCUT2D eigenvalue weighted by molar-refractivity contribution is 6.30. The summed E-state index contributed by atoms with van der Waals surface area (Å²) in [5, 5.41) is 13.9. The van der Waals surface area contributed by atoms with Crippen LogP contribution >= 0.6 is 11.6 Å². The van der Waals surface area contributed by atoms with Crippen LogP contribution < -0.4 is 14.8 Å². The first-order valence-corrected chi connectivity index (χ1v) is 11.8. The van der Waals surface area contributed by atoms with Crippen molar-refractivity contribution < 1.29 is 23.8 Å². The van der Waals surface area contributed by atoms with Gasteiger partial charge < -0.3 is 24.3 Å². The number of fused-ring (bicyclic) bond motifs is 1. The van der Waals surface area contributed by atoms with E-state index in [1.165, 1.54) is 13.2 Å². The van der Waals surface area contributed by atoms with Crippen molar-refractivity contribution in [2.24, 2.45) is 0 Å². The zero-order valence-corrected chi connectivity index (χ0v) is 20.9. The molecule has 8 heteroatoms. The van der Waals surface area contributed by atoms with Crippen LogP contribution in [0.25, 0.3) is 22.6 Å². The smallest absolute Gasteiger partial charge is 0.255 e. The predicted molar refractivity (Wildman–Crippen MR) is 143 cm³/mol. The van der Waals surface area contributed by atoms with E-state index in [2.05, 4.69) is 10.3 Å². The molecule has 0 aliphatic heterocycles. The molecule has 0 unspecified atom stereocenters. The summed E-state index contributed by atoms with van der Waals surface area (Å²) in [5.74, 6) is 0.831. The van der Waals surface area contributed by atoms with Crippen LogP contribution in [-0.4, -0.2) is 23.1 Å². The van der Waals surface area contributed by atoms with Crippen molar-refractivity contribution in [1.82, 2.24) is 4.98 Å². The number of rotatable bonds is 7. The standard InChI is InChI=1S/C29H23ClN2O5/c1-17-3-11-25-23(13-17)32-29(37-25)22-15-21(9-10-24(22)33)31-28(34)19-6-12-26(27(14-19)35-2)36-16-18-4-7-20(30)8-5-18/h3-15,33H,16H2,1-2H3,(H,31,34). The Labute approximate surface area is 218 Å². The summed E-state index contributed by atoms with van der Waals surface area (Å²) in [6, 6.07) is 22.7. The van der Waals surface area contributed by atoms with Crippen LogP contribution in [0.2, 0.25) is 5.02 Å². The molecule has 37 heavy (non-hydrogen) atoms. The number of hydrogen-bond acceptors (Lipinski definition) is 6. The second-order valence-corrected chi connectivity index (χ2v) is 8.89. The molecule has 0 aliphatic rings. The third kappa shape index (κ3) is 5.37. The summed E-state index contributed by atoms with van der Waals surface area (Å²) in [6.07, 6.45) is 0. The molecule has 0 radical (unpaired) electrons. The normalized spacial score (nSPS) is 10.9. The van der Waals surface area contributed by atoms with Gasteiger partial charge in [0.15, 0.2) is 17.1 Å². The van der Waals surface area contributed by atoms with Crippen LogP contribution in [0.15, 0.2) is 83.3 Å². The maximum Gasteiger partial charge on any atom is 0.255 e. The van der Waals surface area contributed by atoms with E-state index in [0.29, 0.717) is 51.0 Å². The van der Waals surface area contributed by atoms with Gasteiger partial charge in [-0.15, -0.1) is 0 Å². The summed E-state index contributed by atoms with van der Waals surface area (Å²) in [7, 11) is 1.51. The van der Waals surface area contributed by atoms with Crippen LogP contribution in [0.5, 0.6) is 17.2 Å². The molecule has 4 aromatic carbocycles. The van der Waals surface area contributed by atoms with Gasteiger partial charge in [-0.2, -0.15) is 0 Å². The van der Waals surface area contributed by atoms with Gasteiger partial charge in [0.2, 0.25) is 5.89 Å². The maximum atomic E-state index is 13.0. The summed E-state index contributed by atoms with van der Waals surface area (Å²) in [5.41, 5.74) is 4.52. The molecule has 7 nitrogen and oxygen atoms in total. The summed E-state index contributed by atoms with van der Waals surface area (Å²) in [4.78, 5) is 17.5. The monoisotopic (exact) mass is 514 g/mol. The number of nitrogens with one attached hydrogen (secondary N) is 1. The van der Waals surface area contributed by atoms with Crippen LogP contribution in [-0.2, 0) is 6.61 Å². The second kappa shape index (κ2) is 10.2. The van der Waals surface area contributed by atoms with E-state index in [9.17, 15) is 9.90 Å². The van der Waals surface area contributed by atoms with Crippen LogP contribution in [0.1, 0.15) is 21.5 Å². The number of anilines is 1. The molecule has 0 spiro atoms. The number of phenolic OH excluding ortho intramolecular Hbond substituents is 1. The minimum atomic E-state index is -0.354. The number of hydrogen-bond donors (Lipinski definition) is 2. The van der Waals surface area contributed by atoms with Crippen molar-refractivity contribution in [3.8, 4) is 28.7 Å². The number of methoxy groups -OCH3 is 1. The molecule has 2 N–H and O–H groups in total. The number of nitrogens with zero attached hydrogens (tertiary/aromatic N) is 1. The molecule has 0 atom stereocenters. The molecular formula is C29H23ClN2O5. The number of amides is 1. The third-order valence-corrected chi connectivity index (χ3v) is 6.01. The number of phenols is 1.